The van der Waals surface area contributed by atoms with Gasteiger partial charge in [0.25, 0.3) is 0 Å². The molecule has 2 aliphatic rings. The molecule has 5 N–H and O–H groups in total. The third kappa shape index (κ3) is 5.98. The van der Waals surface area contributed by atoms with Crippen LogP contribution in [0.1, 0.15) is 38.8 Å². The van der Waals surface area contributed by atoms with Gasteiger partial charge in [0.2, 0.25) is 5.72 Å². The summed E-state index contributed by atoms with van der Waals surface area (Å²) in [5, 5.41) is 27.8. The lowest BCUT2D eigenvalue weighted by atomic mass is 10.00. The smallest absolute Gasteiger partial charge is 0.459 e. The zero-order valence-electron chi connectivity index (χ0n) is 21.5. The number of hydrogen-bond acceptors (Lipinski definition) is 12. The number of nitrogens with one attached hydrogen (secondary N) is 1. The minimum Gasteiger partial charge on any atom is -0.465 e. The molecule has 1 aromatic heterocycles. The van der Waals surface area contributed by atoms with Gasteiger partial charge in [-0.3, -0.25) is 13.9 Å². The number of aliphatic hydroxyl groups excluding tert-OH is 2. The summed E-state index contributed by atoms with van der Waals surface area (Å²) in [6, 6.07) is 9.23. The van der Waals surface area contributed by atoms with Crippen molar-refractivity contribution in [2.24, 2.45) is 5.11 Å². The molecule has 1 unspecified atom stereocenters. The van der Waals surface area contributed by atoms with Gasteiger partial charge in [-0.2, -0.15) is 10.1 Å². The van der Waals surface area contributed by atoms with Gasteiger partial charge in [-0.1, -0.05) is 36.2 Å². The quantitative estimate of drug-likeness (QED) is 0.0980. The number of nitrogens with two attached hydrogens (primary N) is 1. The molecule has 1 aliphatic carbocycles. The number of nitrogens with zero attached hydrogens (tertiary/aromatic N) is 5. The van der Waals surface area contributed by atoms with E-state index in [0.717, 1.165) is 4.57 Å². The van der Waals surface area contributed by atoms with Crippen molar-refractivity contribution in [2.45, 2.75) is 62.3 Å². The Balaban J connectivity index is 1.66. The molecule has 1 aromatic carbocycles. The molecule has 0 bridgehead atoms. The summed E-state index contributed by atoms with van der Waals surface area (Å²) in [5.41, 5.74) is 10.1. The normalized spacial score (nSPS) is 26.9. The molecular weight excluding hydrogens is 549 g/mol. The predicted molar refractivity (Wildman–Crippen MR) is 139 cm³/mol. The number of anilines is 1. The molecule has 0 spiro atoms. The molecule has 2 heterocycles. The minimum absolute atomic E-state index is 0.0889. The number of benzene rings is 1. The van der Waals surface area contributed by atoms with E-state index in [1.807, 2.05) is 0 Å². The third-order valence-corrected chi connectivity index (χ3v) is 8.25. The molecule has 1 saturated carbocycles. The molecule has 40 heavy (non-hydrogen) atoms. The summed E-state index contributed by atoms with van der Waals surface area (Å²) in [6.45, 7) is 0.813. The van der Waals surface area contributed by atoms with Crippen LogP contribution in [0.15, 0.2) is 52.5 Å². The van der Waals surface area contributed by atoms with Crippen molar-refractivity contribution < 1.29 is 38.1 Å². The molecule has 1 aliphatic heterocycles. The highest BCUT2D eigenvalue weighted by Crippen LogP contribution is 2.51. The van der Waals surface area contributed by atoms with Gasteiger partial charge in [0.05, 0.1) is 13.2 Å². The average Bonchev–Trinajstić information content (AvgIpc) is 3.48. The van der Waals surface area contributed by atoms with Gasteiger partial charge in [0.15, 0.2) is 6.23 Å². The second kappa shape index (κ2) is 11.9. The lowest BCUT2D eigenvalue weighted by molar-refractivity contribution is -0.150. The summed E-state index contributed by atoms with van der Waals surface area (Å²) in [7, 11) is -4.51. The maximum Gasteiger partial charge on any atom is 0.459 e. The second-order valence-corrected chi connectivity index (χ2v) is 11.0. The topological polar surface area (TPSA) is 233 Å². The van der Waals surface area contributed by atoms with Crippen LogP contribution in [0.25, 0.3) is 10.4 Å². The fourth-order valence-electron chi connectivity index (χ4n) is 4.67. The zero-order chi connectivity index (χ0) is 29.0. The number of carbonyl (C=O) groups excluding carboxylic acids is 1. The fraction of sp³-hybridized carbons (Fsp3) is 0.522. The Morgan fingerprint density at radius 3 is 2.65 bits per heavy atom. The van der Waals surface area contributed by atoms with Gasteiger partial charge in [-0.05, 0) is 43.5 Å². The lowest BCUT2D eigenvalue weighted by Crippen LogP contribution is -2.51. The number of ether oxygens (including phenoxy) is 2. The Hall–Kier alpha value is -3.49. The molecule has 4 rings (SSSR count). The first-order valence-corrected chi connectivity index (χ1v) is 14.0. The molecule has 0 amide bonds. The molecule has 2 aromatic rings. The van der Waals surface area contributed by atoms with Crippen LogP contribution in [0.3, 0.4) is 0 Å². The van der Waals surface area contributed by atoms with Gasteiger partial charge in [-0.15, -0.1) is 0 Å². The number of para-hydroxylation sites is 1. The molecule has 16 nitrogen and oxygen atoms in total. The molecular formula is C23H30N7O9P. The van der Waals surface area contributed by atoms with Crippen molar-refractivity contribution >= 4 is 19.5 Å². The monoisotopic (exact) mass is 579 g/mol. The standard InChI is InChI=1S/C23H30N7O9P/c1-2-36-20(33)22(11-6-7-12-22)28-40(35,39-15-8-4-3-5-9-15)37-14-23(27-29-25)18(32)17(31)19(38-23)30-13-10-16(24)26-21(30)34/h3-5,8-10,13,17-19,31-32H,2,6-7,11-12,14H2,1H3,(H,28,35)(H2,24,26,34)/t17-,18+,19-,23-,40?/m1/s1. The second-order valence-electron chi connectivity index (χ2n) is 9.32. The van der Waals surface area contributed by atoms with E-state index >= 15 is 0 Å². The van der Waals surface area contributed by atoms with E-state index in [4.69, 9.17) is 24.3 Å². The molecule has 2 fully saturated rings. The predicted octanol–water partition coefficient (Wildman–Crippen LogP) is 1.75. The molecule has 216 valence electrons. The van der Waals surface area contributed by atoms with Crippen molar-refractivity contribution in [3.8, 4) is 5.75 Å². The number of esters is 1. The van der Waals surface area contributed by atoms with Gasteiger partial charge >= 0.3 is 19.4 Å². The van der Waals surface area contributed by atoms with Crippen molar-refractivity contribution in [3.63, 3.8) is 0 Å². The van der Waals surface area contributed by atoms with Crippen molar-refractivity contribution in [2.75, 3.05) is 18.9 Å². The van der Waals surface area contributed by atoms with Crippen LogP contribution >= 0.6 is 7.75 Å². The van der Waals surface area contributed by atoms with Crippen molar-refractivity contribution in [1.82, 2.24) is 14.6 Å². The maximum atomic E-state index is 14.2. The largest absolute Gasteiger partial charge is 0.465 e. The van der Waals surface area contributed by atoms with Crippen LogP contribution in [0.2, 0.25) is 0 Å². The maximum absolute atomic E-state index is 14.2. The summed E-state index contributed by atoms with van der Waals surface area (Å²) in [5.74, 6) is -0.606. The first kappa shape index (κ1) is 29.5. The highest BCUT2D eigenvalue weighted by atomic mass is 31.2. The average molecular weight is 580 g/mol. The van der Waals surface area contributed by atoms with E-state index in [0.29, 0.717) is 12.8 Å². The lowest BCUT2D eigenvalue weighted by Gasteiger charge is -2.33. The molecule has 1 saturated heterocycles. The number of aliphatic hydroxyl groups is 2. The van der Waals surface area contributed by atoms with E-state index in [-0.39, 0.29) is 31.0 Å². The Bertz CT molecular complexity index is 1360. The SMILES string of the molecule is CCOC(=O)C1(NP(=O)(OC[C@@]2(N=[N+]=[N-])O[C@@H](n3ccc(N)nc3=O)[C@H](O)[C@@H]2O)Oc2ccccc2)CCCC1. The number of rotatable bonds is 11. The van der Waals surface area contributed by atoms with Gasteiger partial charge in [0.1, 0.15) is 29.3 Å². The van der Waals surface area contributed by atoms with Gasteiger partial charge in [-0.25, -0.2) is 9.36 Å². The Kier molecular flexibility index (Phi) is 8.80. The number of aromatic nitrogens is 2. The number of nitrogen functional groups attached to an aromatic ring is 1. The first-order valence-electron chi connectivity index (χ1n) is 12.5. The molecule has 5 atom stereocenters. The molecule has 0 radical (unpaired) electrons. The third-order valence-electron chi connectivity index (χ3n) is 6.63. The minimum atomic E-state index is -4.51. The number of carbonyl (C=O) groups is 1. The van der Waals surface area contributed by atoms with Gasteiger partial charge in [0, 0.05) is 11.1 Å². The summed E-state index contributed by atoms with van der Waals surface area (Å²) in [6.07, 6.45) is -2.31. The van der Waals surface area contributed by atoms with E-state index < -0.39 is 55.7 Å². The molecule has 17 heteroatoms. The van der Waals surface area contributed by atoms with Crippen LogP contribution in [-0.2, 0) is 23.4 Å². The fourth-order valence-corrected chi connectivity index (χ4v) is 6.43. The van der Waals surface area contributed by atoms with Crippen LogP contribution in [0.5, 0.6) is 5.75 Å². The van der Waals surface area contributed by atoms with Crippen LogP contribution in [0, 0.1) is 0 Å². The summed E-state index contributed by atoms with van der Waals surface area (Å²) in [4.78, 5) is 31.6. The van der Waals surface area contributed by atoms with Crippen LogP contribution < -0.4 is 21.0 Å². The van der Waals surface area contributed by atoms with E-state index in [2.05, 4.69) is 20.1 Å². The van der Waals surface area contributed by atoms with E-state index in [1.165, 1.54) is 24.4 Å². The zero-order valence-corrected chi connectivity index (χ0v) is 22.4. The van der Waals surface area contributed by atoms with E-state index in [1.54, 1.807) is 25.1 Å². The van der Waals surface area contributed by atoms with Crippen LogP contribution in [0.4, 0.5) is 5.82 Å². The Labute approximate surface area is 228 Å². The van der Waals surface area contributed by atoms with Crippen LogP contribution in [-0.4, -0.2) is 62.4 Å². The highest BCUT2D eigenvalue weighted by Gasteiger charge is 2.57. The highest BCUT2D eigenvalue weighted by molar-refractivity contribution is 7.52. The Morgan fingerprint density at radius 2 is 2.02 bits per heavy atom. The number of hydrogen-bond donors (Lipinski definition) is 4. The number of azide groups is 1. The van der Waals surface area contributed by atoms with Gasteiger partial charge < -0.3 is 29.9 Å². The summed E-state index contributed by atoms with van der Waals surface area (Å²) >= 11 is 0. The summed E-state index contributed by atoms with van der Waals surface area (Å²) < 4.78 is 37.3. The van der Waals surface area contributed by atoms with Crippen molar-refractivity contribution in [3.05, 3.63) is 63.5 Å². The first-order chi connectivity index (χ1) is 19.1. The van der Waals surface area contributed by atoms with E-state index in [9.17, 15) is 29.9 Å². The Morgan fingerprint density at radius 1 is 1.32 bits per heavy atom. The van der Waals surface area contributed by atoms with Crippen molar-refractivity contribution in [1.29, 1.82) is 0 Å².